The van der Waals surface area contributed by atoms with E-state index in [9.17, 15) is 4.79 Å². The fourth-order valence-electron chi connectivity index (χ4n) is 7.83. The van der Waals surface area contributed by atoms with Gasteiger partial charge >= 0.3 is 5.97 Å². The third kappa shape index (κ3) is 3.59. The monoisotopic (exact) mass is 362 g/mol. The summed E-state index contributed by atoms with van der Waals surface area (Å²) in [5.74, 6) is 3.44. The fourth-order valence-corrected chi connectivity index (χ4v) is 7.83. The summed E-state index contributed by atoms with van der Waals surface area (Å²) in [4.78, 5) is 11.8. The lowest BCUT2D eigenvalue weighted by atomic mass is 9.48. The maximum absolute atomic E-state index is 11.8. The van der Waals surface area contributed by atoms with Crippen LogP contribution in [0, 0.1) is 40.4 Å². The Kier molecular flexibility index (Phi) is 5.81. The van der Waals surface area contributed by atoms with Crippen molar-refractivity contribution in [2.45, 2.75) is 105 Å². The van der Waals surface area contributed by atoms with Crippen LogP contribution in [0.25, 0.3) is 0 Å². The molecule has 0 aromatic carbocycles. The fraction of sp³-hybridized carbons (Fsp3) is 0.958. The number of hydrogen-bond acceptors (Lipinski definition) is 2. The second-order valence-corrected chi connectivity index (χ2v) is 11.0. The third-order valence-corrected chi connectivity index (χ3v) is 8.69. The first kappa shape index (κ1) is 20.2. The van der Waals surface area contributed by atoms with Gasteiger partial charge in [0.15, 0.2) is 0 Å². The lowest BCUT2D eigenvalue weighted by Gasteiger charge is -2.57. The molecule has 0 radical (unpaired) electrons. The zero-order valence-electron chi connectivity index (χ0n) is 18.1. The zero-order chi connectivity index (χ0) is 19.1. The molecule has 3 fully saturated rings. The van der Waals surface area contributed by atoms with E-state index in [2.05, 4.69) is 34.6 Å². The molecular formula is C24H42O2. The molecule has 26 heavy (non-hydrogen) atoms. The molecule has 3 saturated carbocycles. The highest BCUT2D eigenvalue weighted by molar-refractivity contribution is 5.66. The Labute approximate surface area is 161 Å². The van der Waals surface area contributed by atoms with Gasteiger partial charge < -0.3 is 4.74 Å². The molecule has 3 aliphatic carbocycles. The van der Waals surface area contributed by atoms with Gasteiger partial charge in [0.05, 0.1) is 0 Å². The summed E-state index contributed by atoms with van der Waals surface area (Å²) in [6.45, 7) is 14.0. The summed E-state index contributed by atoms with van der Waals surface area (Å²) >= 11 is 0. The molecule has 2 nitrogen and oxygen atoms in total. The summed E-state index contributed by atoms with van der Waals surface area (Å²) in [6, 6.07) is 0. The van der Waals surface area contributed by atoms with E-state index < -0.39 is 0 Å². The molecule has 2 heteroatoms. The van der Waals surface area contributed by atoms with Crippen molar-refractivity contribution in [2.75, 3.05) is 0 Å². The molecular weight excluding hydrogens is 320 g/mol. The van der Waals surface area contributed by atoms with Crippen LogP contribution in [0.15, 0.2) is 0 Å². The topological polar surface area (TPSA) is 26.3 Å². The van der Waals surface area contributed by atoms with Crippen molar-refractivity contribution >= 4 is 5.97 Å². The molecule has 0 heterocycles. The van der Waals surface area contributed by atoms with Crippen molar-refractivity contribution in [3.63, 3.8) is 0 Å². The lowest BCUT2D eigenvalue weighted by Crippen LogP contribution is -2.51. The van der Waals surface area contributed by atoms with Gasteiger partial charge in [0, 0.05) is 12.8 Å². The zero-order valence-corrected chi connectivity index (χ0v) is 18.1. The van der Waals surface area contributed by atoms with Crippen molar-refractivity contribution in [3.05, 3.63) is 0 Å². The van der Waals surface area contributed by atoms with Crippen LogP contribution in [-0.4, -0.2) is 12.1 Å². The Morgan fingerprint density at radius 2 is 1.65 bits per heavy atom. The smallest absolute Gasteiger partial charge is 0.302 e. The molecule has 0 aliphatic heterocycles. The minimum absolute atomic E-state index is 0.0883. The van der Waals surface area contributed by atoms with E-state index in [1.165, 1.54) is 51.4 Å². The van der Waals surface area contributed by atoms with E-state index in [0.717, 1.165) is 24.2 Å². The van der Waals surface area contributed by atoms with Gasteiger partial charge in [-0.15, -0.1) is 0 Å². The number of carbonyl (C=O) groups excluding carboxylic acids is 1. The number of carbonyl (C=O) groups is 1. The van der Waals surface area contributed by atoms with Crippen molar-refractivity contribution in [3.8, 4) is 0 Å². The minimum atomic E-state index is -0.0883. The Bertz CT molecular complexity index is 508. The third-order valence-electron chi connectivity index (χ3n) is 8.69. The van der Waals surface area contributed by atoms with E-state index in [1.807, 2.05) is 0 Å². The van der Waals surface area contributed by atoms with Crippen LogP contribution in [0.4, 0.5) is 0 Å². The second kappa shape index (κ2) is 7.47. The Hall–Kier alpha value is -0.530. The van der Waals surface area contributed by atoms with Gasteiger partial charge in [-0.2, -0.15) is 0 Å². The Balaban J connectivity index is 1.95. The summed E-state index contributed by atoms with van der Waals surface area (Å²) in [7, 11) is 0. The Morgan fingerprint density at radius 1 is 0.962 bits per heavy atom. The molecule has 6 atom stereocenters. The molecule has 0 aromatic rings. The van der Waals surface area contributed by atoms with Crippen LogP contribution in [0.1, 0.15) is 99.3 Å². The Morgan fingerprint density at radius 3 is 2.31 bits per heavy atom. The largest absolute Gasteiger partial charge is 0.462 e. The lowest BCUT2D eigenvalue weighted by molar-refractivity contribution is -0.154. The average Bonchev–Trinajstić information content (AvgIpc) is 2.77. The molecule has 3 aliphatic rings. The van der Waals surface area contributed by atoms with Crippen LogP contribution in [-0.2, 0) is 9.53 Å². The van der Waals surface area contributed by atoms with Crippen molar-refractivity contribution in [2.24, 2.45) is 40.4 Å². The highest BCUT2D eigenvalue weighted by atomic mass is 16.5. The van der Waals surface area contributed by atoms with E-state index in [-0.39, 0.29) is 12.1 Å². The van der Waals surface area contributed by atoms with Crippen LogP contribution in [0.3, 0.4) is 0 Å². The van der Waals surface area contributed by atoms with Crippen LogP contribution < -0.4 is 0 Å². The molecule has 150 valence electrons. The summed E-state index contributed by atoms with van der Waals surface area (Å²) in [5.41, 5.74) is 0.951. The molecule has 0 bridgehead atoms. The summed E-state index contributed by atoms with van der Waals surface area (Å²) < 4.78 is 5.89. The van der Waals surface area contributed by atoms with Crippen molar-refractivity contribution < 1.29 is 9.53 Å². The first-order chi connectivity index (χ1) is 12.2. The molecule has 0 N–H and O–H groups in total. The van der Waals surface area contributed by atoms with Crippen molar-refractivity contribution in [1.82, 2.24) is 0 Å². The maximum Gasteiger partial charge on any atom is 0.302 e. The molecule has 3 rings (SSSR count). The normalized spacial score (nSPS) is 43.0. The predicted octanol–water partition coefficient (Wildman–Crippen LogP) is 6.62. The molecule has 6 unspecified atom stereocenters. The van der Waals surface area contributed by atoms with Crippen LogP contribution in [0.2, 0.25) is 0 Å². The van der Waals surface area contributed by atoms with E-state index in [1.54, 1.807) is 6.92 Å². The number of ether oxygens (including phenoxy) is 1. The summed E-state index contributed by atoms with van der Waals surface area (Å²) in [5, 5.41) is 0. The number of fused-ring (bicyclic) bond motifs is 3. The minimum Gasteiger partial charge on any atom is -0.462 e. The quantitative estimate of drug-likeness (QED) is 0.516. The summed E-state index contributed by atoms with van der Waals surface area (Å²) in [6.07, 6.45) is 12.1. The van der Waals surface area contributed by atoms with E-state index in [4.69, 9.17) is 4.74 Å². The molecule has 0 spiro atoms. The SMILES string of the molecule is CC(=O)OC1CCCC2C(CCC3C(C)(C)CCCCC23C)C1C(C)C. The van der Waals surface area contributed by atoms with E-state index in [0.29, 0.717) is 22.7 Å². The first-order valence-electron chi connectivity index (χ1n) is 11.3. The van der Waals surface area contributed by atoms with Gasteiger partial charge in [0.25, 0.3) is 0 Å². The number of rotatable bonds is 2. The van der Waals surface area contributed by atoms with E-state index >= 15 is 0 Å². The van der Waals surface area contributed by atoms with Crippen LogP contribution >= 0.6 is 0 Å². The molecule has 0 amide bonds. The second-order valence-electron chi connectivity index (χ2n) is 11.0. The van der Waals surface area contributed by atoms with Gasteiger partial charge in [-0.3, -0.25) is 4.79 Å². The van der Waals surface area contributed by atoms with Gasteiger partial charge in [-0.05, 0) is 79.4 Å². The maximum atomic E-state index is 11.8. The highest BCUT2D eigenvalue weighted by Crippen LogP contribution is 2.63. The molecule has 0 aromatic heterocycles. The highest BCUT2D eigenvalue weighted by Gasteiger charge is 2.56. The average molecular weight is 363 g/mol. The predicted molar refractivity (Wildman–Crippen MR) is 108 cm³/mol. The molecule has 0 saturated heterocycles. The van der Waals surface area contributed by atoms with Crippen LogP contribution in [0.5, 0.6) is 0 Å². The van der Waals surface area contributed by atoms with Gasteiger partial charge in [0.1, 0.15) is 6.10 Å². The number of esters is 1. The first-order valence-corrected chi connectivity index (χ1v) is 11.3. The number of hydrogen-bond donors (Lipinski definition) is 0. The van der Waals surface area contributed by atoms with Crippen molar-refractivity contribution in [1.29, 1.82) is 0 Å². The standard InChI is InChI=1S/C24H42O2/c1-16(2)22-18-12-13-21-23(4,5)14-7-8-15-24(21,6)19(18)10-9-11-20(22)26-17(3)25/h16,18-22H,7-15H2,1-6H3. The van der Waals surface area contributed by atoms with Gasteiger partial charge in [-0.25, -0.2) is 0 Å². The van der Waals surface area contributed by atoms with Gasteiger partial charge in [0.2, 0.25) is 0 Å². The van der Waals surface area contributed by atoms with Gasteiger partial charge in [-0.1, -0.05) is 47.5 Å².